The summed E-state index contributed by atoms with van der Waals surface area (Å²) in [5.41, 5.74) is 4.16. The Kier molecular flexibility index (Phi) is 6.22. The van der Waals surface area contributed by atoms with E-state index < -0.39 is 17.5 Å². The lowest BCUT2D eigenvalue weighted by Gasteiger charge is -2.12. The molecule has 2 aromatic rings. The van der Waals surface area contributed by atoms with Crippen LogP contribution >= 0.6 is 0 Å². The normalized spacial score (nSPS) is 11.1. The van der Waals surface area contributed by atoms with Gasteiger partial charge < -0.3 is 4.74 Å². The second-order valence-corrected chi connectivity index (χ2v) is 5.89. The fourth-order valence-corrected chi connectivity index (χ4v) is 2.37. The van der Waals surface area contributed by atoms with Crippen molar-refractivity contribution in [3.05, 3.63) is 64.7 Å². The minimum atomic E-state index is -0.755. The first kappa shape index (κ1) is 18.6. The van der Waals surface area contributed by atoms with Crippen molar-refractivity contribution in [2.75, 3.05) is 6.61 Å². The second kappa shape index (κ2) is 8.37. The summed E-state index contributed by atoms with van der Waals surface area (Å²) in [7, 11) is 0. The monoisotopic (exact) mass is 346 g/mol. The van der Waals surface area contributed by atoms with Crippen molar-refractivity contribution < 1.29 is 18.3 Å². The summed E-state index contributed by atoms with van der Waals surface area (Å²) in [5, 5.41) is 3.55. The molecule has 25 heavy (non-hydrogen) atoms. The third-order valence-electron chi connectivity index (χ3n) is 3.62. The number of carbonyl (C=O) groups excluding carboxylic acids is 1. The molecule has 0 saturated heterocycles. The minimum Gasteiger partial charge on any atom is -0.484 e. The van der Waals surface area contributed by atoms with Gasteiger partial charge in [0.2, 0.25) is 0 Å². The summed E-state index contributed by atoms with van der Waals surface area (Å²) in [6.45, 7) is 5.94. The topological polar surface area (TPSA) is 50.7 Å². The van der Waals surface area contributed by atoms with E-state index in [1.165, 1.54) is 11.6 Å². The van der Waals surface area contributed by atoms with Crippen LogP contribution in [0, 0.1) is 18.6 Å². The number of nitrogens with one attached hydrogen (secondary N) is 1. The molecular weight excluding hydrogens is 326 g/mol. The highest BCUT2D eigenvalue weighted by Crippen LogP contribution is 2.23. The summed E-state index contributed by atoms with van der Waals surface area (Å²) in [6.07, 6.45) is 0.921. The first-order valence-electron chi connectivity index (χ1n) is 7.87. The first-order valence-corrected chi connectivity index (χ1v) is 7.87. The van der Waals surface area contributed by atoms with Gasteiger partial charge in [-0.15, -0.1) is 0 Å². The smallest absolute Gasteiger partial charge is 0.277 e. The molecule has 132 valence electrons. The number of hydrazone groups is 1. The van der Waals surface area contributed by atoms with Crippen LogP contribution in [-0.2, 0) is 4.79 Å². The molecule has 1 amide bonds. The Morgan fingerprint density at radius 1 is 1.24 bits per heavy atom. The predicted octanol–water partition coefficient (Wildman–Crippen LogP) is 3.93. The number of aryl methyl sites for hydroxylation is 1. The van der Waals surface area contributed by atoms with Crippen LogP contribution in [0.1, 0.15) is 36.5 Å². The fraction of sp³-hybridized carbons (Fsp3) is 0.263. The highest BCUT2D eigenvalue weighted by Gasteiger charge is 2.07. The molecule has 2 rings (SSSR count). The summed E-state index contributed by atoms with van der Waals surface area (Å²) in [6, 6.07) is 9.10. The van der Waals surface area contributed by atoms with Crippen LogP contribution in [0.15, 0.2) is 41.5 Å². The largest absolute Gasteiger partial charge is 0.484 e. The number of carbonyl (C=O) groups is 1. The van der Waals surface area contributed by atoms with E-state index in [1.807, 2.05) is 19.1 Å². The third-order valence-corrected chi connectivity index (χ3v) is 3.62. The van der Waals surface area contributed by atoms with Crippen LogP contribution < -0.4 is 10.2 Å². The van der Waals surface area contributed by atoms with Gasteiger partial charge in [0, 0.05) is 0 Å². The zero-order chi connectivity index (χ0) is 18.4. The standard InChI is InChI=1S/C19H20F2N2O2/c1-12(2)15-8-7-14(9-13(15)3)25-11-19(24)23-22-10-16-17(20)5-4-6-18(16)21/h4-10,12H,11H2,1-3H3,(H,23,24). The predicted molar refractivity (Wildman–Crippen MR) is 92.9 cm³/mol. The van der Waals surface area contributed by atoms with E-state index in [-0.39, 0.29) is 12.2 Å². The highest BCUT2D eigenvalue weighted by molar-refractivity contribution is 5.83. The molecule has 2 aromatic carbocycles. The molecular formula is C19H20F2N2O2. The zero-order valence-corrected chi connectivity index (χ0v) is 14.3. The Bertz CT molecular complexity index is 769. The number of rotatable bonds is 6. The summed E-state index contributed by atoms with van der Waals surface area (Å²) in [4.78, 5) is 11.7. The lowest BCUT2D eigenvalue weighted by molar-refractivity contribution is -0.123. The van der Waals surface area contributed by atoms with Crippen molar-refractivity contribution >= 4 is 12.1 Å². The maximum atomic E-state index is 13.4. The molecule has 0 fully saturated rings. The van der Waals surface area contributed by atoms with Crippen LogP contribution in [0.3, 0.4) is 0 Å². The van der Waals surface area contributed by atoms with E-state index in [2.05, 4.69) is 24.4 Å². The van der Waals surface area contributed by atoms with Gasteiger partial charge in [-0.2, -0.15) is 5.10 Å². The van der Waals surface area contributed by atoms with E-state index in [0.717, 1.165) is 23.9 Å². The van der Waals surface area contributed by atoms with Gasteiger partial charge in [-0.25, -0.2) is 14.2 Å². The number of halogens is 2. The molecule has 6 heteroatoms. The molecule has 0 aliphatic heterocycles. The van der Waals surface area contributed by atoms with Gasteiger partial charge in [-0.05, 0) is 48.2 Å². The number of benzene rings is 2. The molecule has 0 unspecified atom stereocenters. The Morgan fingerprint density at radius 3 is 2.52 bits per heavy atom. The van der Waals surface area contributed by atoms with E-state index in [9.17, 15) is 13.6 Å². The Hall–Kier alpha value is -2.76. The van der Waals surface area contributed by atoms with Crippen molar-refractivity contribution in [2.24, 2.45) is 5.10 Å². The zero-order valence-electron chi connectivity index (χ0n) is 14.3. The summed E-state index contributed by atoms with van der Waals surface area (Å²) in [5.74, 6) is -1.06. The minimum absolute atomic E-state index is 0.252. The summed E-state index contributed by atoms with van der Waals surface area (Å²) >= 11 is 0. The van der Waals surface area contributed by atoms with E-state index in [4.69, 9.17) is 4.74 Å². The lowest BCUT2D eigenvalue weighted by atomic mass is 9.98. The number of nitrogens with zero attached hydrogens (tertiary/aromatic N) is 1. The van der Waals surface area contributed by atoms with E-state index >= 15 is 0 Å². The number of ether oxygens (including phenoxy) is 1. The van der Waals surface area contributed by atoms with Crippen LogP contribution in [-0.4, -0.2) is 18.7 Å². The van der Waals surface area contributed by atoms with Gasteiger partial charge in [0.1, 0.15) is 17.4 Å². The van der Waals surface area contributed by atoms with Crippen LogP contribution in [0.4, 0.5) is 8.78 Å². The van der Waals surface area contributed by atoms with Crippen molar-refractivity contribution in [3.63, 3.8) is 0 Å². The van der Waals surface area contributed by atoms with Crippen LogP contribution in [0.5, 0.6) is 5.75 Å². The lowest BCUT2D eigenvalue weighted by Crippen LogP contribution is -2.24. The molecule has 0 aliphatic rings. The Balaban J connectivity index is 1.89. The molecule has 0 atom stereocenters. The molecule has 1 N–H and O–H groups in total. The average Bonchev–Trinajstić information content (AvgIpc) is 2.55. The quantitative estimate of drug-likeness (QED) is 0.636. The molecule has 0 spiro atoms. The third kappa shape index (κ3) is 5.11. The Labute approximate surface area is 145 Å². The maximum absolute atomic E-state index is 13.4. The van der Waals surface area contributed by atoms with Gasteiger partial charge in [0.25, 0.3) is 5.91 Å². The SMILES string of the molecule is Cc1cc(OCC(=O)NN=Cc2c(F)cccc2F)ccc1C(C)C. The van der Waals surface area contributed by atoms with Crippen molar-refractivity contribution in [2.45, 2.75) is 26.7 Å². The molecule has 0 heterocycles. The van der Waals surface area contributed by atoms with Gasteiger partial charge in [0.15, 0.2) is 6.61 Å². The summed E-state index contributed by atoms with van der Waals surface area (Å²) < 4.78 is 32.2. The van der Waals surface area contributed by atoms with Crippen molar-refractivity contribution in [3.8, 4) is 5.75 Å². The first-order chi connectivity index (χ1) is 11.9. The molecule has 0 aliphatic carbocycles. The van der Waals surface area contributed by atoms with Gasteiger partial charge in [-0.3, -0.25) is 4.79 Å². The molecule has 0 bridgehead atoms. The Morgan fingerprint density at radius 2 is 1.92 bits per heavy atom. The molecule has 0 radical (unpaired) electrons. The van der Waals surface area contributed by atoms with Crippen molar-refractivity contribution in [1.29, 1.82) is 0 Å². The number of amides is 1. The van der Waals surface area contributed by atoms with E-state index in [0.29, 0.717) is 11.7 Å². The maximum Gasteiger partial charge on any atom is 0.277 e. The highest BCUT2D eigenvalue weighted by atomic mass is 19.1. The van der Waals surface area contributed by atoms with Crippen LogP contribution in [0.2, 0.25) is 0 Å². The average molecular weight is 346 g/mol. The van der Waals surface area contributed by atoms with Gasteiger partial charge in [0.05, 0.1) is 11.8 Å². The van der Waals surface area contributed by atoms with Gasteiger partial charge in [-0.1, -0.05) is 26.0 Å². The number of hydrogen-bond acceptors (Lipinski definition) is 3. The molecule has 0 saturated carbocycles. The van der Waals surface area contributed by atoms with Crippen molar-refractivity contribution in [1.82, 2.24) is 5.43 Å². The molecule has 4 nitrogen and oxygen atoms in total. The molecule has 0 aromatic heterocycles. The number of hydrogen-bond donors (Lipinski definition) is 1. The van der Waals surface area contributed by atoms with Gasteiger partial charge >= 0.3 is 0 Å². The second-order valence-electron chi connectivity index (χ2n) is 5.89. The fourth-order valence-electron chi connectivity index (χ4n) is 2.37. The van der Waals surface area contributed by atoms with E-state index in [1.54, 1.807) is 6.07 Å². The van der Waals surface area contributed by atoms with Crippen LogP contribution in [0.25, 0.3) is 0 Å².